The molecule has 2 fully saturated rings. The topological polar surface area (TPSA) is 140 Å². The zero-order chi connectivity index (χ0) is 23.1. The van der Waals surface area contributed by atoms with Gasteiger partial charge in [0.05, 0.1) is 9.85 Å². The van der Waals surface area contributed by atoms with Gasteiger partial charge in [0.25, 0.3) is 0 Å². The maximum Gasteiger partial charge on any atom is 0.309 e. The maximum absolute atomic E-state index is 10.7. The Morgan fingerprint density at radius 2 is 1.47 bits per heavy atom. The molecule has 176 valence electrons. The number of aromatic nitrogens is 4. The molecule has 0 aromatic carbocycles. The zero-order valence-electron chi connectivity index (χ0n) is 18.5. The van der Waals surface area contributed by atoms with E-state index in [1.807, 2.05) is 0 Å². The van der Waals surface area contributed by atoms with E-state index in [-0.39, 0.29) is 21.2 Å². The van der Waals surface area contributed by atoms with E-state index in [0.29, 0.717) is 23.2 Å². The maximum atomic E-state index is 10.7. The third-order valence-corrected chi connectivity index (χ3v) is 5.95. The molecule has 0 spiro atoms. The van der Waals surface area contributed by atoms with Crippen LogP contribution in [0, 0.1) is 45.9 Å². The first-order valence-corrected chi connectivity index (χ1v) is 10.9. The van der Waals surface area contributed by atoms with Crippen molar-refractivity contribution in [2.45, 2.75) is 52.6 Å². The first-order valence-electron chi connectivity index (χ1n) is 10.9. The predicted molar refractivity (Wildman–Crippen MR) is 114 cm³/mol. The lowest BCUT2D eigenvalue weighted by atomic mass is 10.0. The molecule has 2 aromatic heterocycles. The molecular weight excluding hydrogens is 420 g/mol. The molecule has 2 saturated heterocycles. The quantitative estimate of drug-likeness (QED) is 0.483. The molecule has 0 unspecified atom stereocenters. The van der Waals surface area contributed by atoms with Crippen molar-refractivity contribution in [2.75, 3.05) is 26.4 Å². The van der Waals surface area contributed by atoms with E-state index in [0.717, 1.165) is 65.2 Å². The van der Waals surface area contributed by atoms with Crippen LogP contribution in [0.4, 0.5) is 11.4 Å². The molecule has 0 radical (unpaired) electrons. The minimum absolute atomic E-state index is 0.104. The first-order chi connectivity index (χ1) is 15.3. The van der Waals surface area contributed by atoms with Gasteiger partial charge in [0, 0.05) is 39.5 Å². The van der Waals surface area contributed by atoms with Crippen molar-refractivity contribution < 1.29 is 19.3 Å². The Morgan fingerprint density at radius 3 is 1.94 bits per heavy atom. The highest BCUT2D eigenvalue weighted by Gasteiger charge is 2.21. The van der Waals surface area contributed by atoms with E-state index in [1.165, 1.54) is 12.4 Å². The summed E-state index contributed by atoms with van der Waals surface area (Å²) in [5.74, 6) is 1.04. The summed E-state index contributed by atoms with van der Waals surface area (Å²) in [6, 6.07) is 0. The van der Waals surface area contributed by atoms with Gasteiger partial charge in [0.2, 0.25) is 0 Å². The molecule has 0 atom stereocenters. The molecule has 0 amide bonds. The SMILES string of the molecule is Cc1c([N+](=O)[O-])cnn1CC1CCOCC1.Cc1nn(CC2CCOCC2)cc1[N+](=O)[O-]. The monoisotopic (exact) mass is 450 g/mol. The summed E-state index contributed by atoms with van der Waals surface area (Å²) in [6.45, 7) is 8.05. The highest BCUT2D eigenvalue weighted by atomic mass is 16.6. The van der Waals surface area contributed by atoms with Crippen LogP contribution in [0.25, 0.3) is 0 Å². The Labute approximate surface area is 185 Å². The van der Waals surface area contributed by atoms with Gasteiger partial charge in [-0.15, -0.1) is 0 Å². The molecule has 2 aromatic rings. The summed E-state index contributed by atoms with van der Waals surface area (Å²) >= 11 is 0. The molecule has 2 aliphatic rings. The van der Waals surface area contributed by atoms with Crippen LogP contribution in [-0.2, 0) is 22.6 Å². The summed E-state index contributed by atoms with van der Waals surface area (Å²) in [5, 5.41) is 29.5. The normalized spacial score (nSPS) is 17.6. The minimum Gasteiger partial charge on any atom is -0.381 e. The number of nitrogens with zero attached hydrogens (tertiary/aromatic N) is 6. The average Bonchev–Trinajstić information content (AvgIpc) is 3.32. The molecule has 0 saturated carbocycles. The van der Waals surface area contributed by atoms with Crippen molar-refractivity contribution in [3.05, 3.63) is 44.0 Å². The standard InChI is InChI=1S/2C10H15N3O3/c1-8-10(13(14)15)6-11-12(8)7-9-2-4-16-5-3-9;1-8-10(13(14)15)7-12(11-8)6-9-2-4-16-5-3-9/h6,9H,2-5,7H2,1H3;7,9H,2-6H2,1H3. The molecule has 2 aliphatic heterocycles. The predicted octanol–water partition coefficient (Wildman–Crippen LogP) is 3.05. The van der Waals surface area contributed by atoms with Crippen LogP contribution < -0.4 is 0 Å². The van der Waals surface area contributed by atoms with Crippen LogP contribution >= 0.6 is 0 Å². The van der Waals surface area contributed by atoms with Crippen LogP contribution in [0.2, 0.25) is 0 Å². The second kappa shape index (κ2) is 11.1. The number of nitro groups is 2. The largest absolute Gasteiger partial charge is 0.381 e. The Hall–Kier alpha value is -2.86. The van der Waals surface area contributed by atoms with Gasteiger partial charge < -0.3 is 9.47 Å². The number of hydrogen-bond donors (Lipinski definition) is 0. The van der Waals surface area contributed by atoms with Crippen LogP contribution in [0.3, 0.4) is 0 Å². The number of hydrogen-bond acceptors (Lipinski definition) is 8. The average molecular weight is 450 g/mol. The van der Waals surface area contributed by atoms with Crippen LogP contribution in [-0.4, -0.2) is 55.8 Å². The van der Waals surface area contributed by atoms with Crippen LogP contribution in [0.5, 0.6) is 0 Å². The van der Waals surface area contributed by atoms with Crippen LogP contribution in [0.1, 0.15) is 37.1 Å². The summed E-state index contributed by atoms with van der Waals surface area (Å²) < 4.78 is 14.0. The lowest BCUT2D eigenvalue weighted by Crippen LogP contribution is -2.21. The van der Waals surface area contributed by atoms with Crippen molar-refractivity contribution in [3.8, 4) is 0 Å². The second-order valence-electron chi connectivity index (χ2n) is 8.24. The van der Waals surface area contributed by atoms with Gasteiger partial charge in [0.15, 0.2) is 0 Å². The molecule has 32 heavy (non-hydrogen) atoms. The molecule has 4 heterocycles. The van der Waals surface area contributed by atoms with E-state index in [4.69, 9.17) is 9.47 Å². The van der Waals surface area contributed by atoms with Gasteiger partial charge >= 0.3 is 11.4 Å². The van der Waals surface area contributed by atoms with Crippen molar-refractivity contribution >= 4 is 11.4 Å². The van der Waals surface area contributed by atoms with Crippen LogP contribution in [0.15, 0.2) is 12.4 Å². The fourth-order valence-corrected chi connectivity index (χ4v) is 3.95. The molecule has 4 rings (SSSR count). The molecule has 12 nitrogen and oxygen atoms in total. The summed E-state index contributed by atoms with van der Waals surface area (Å²) in [5.41, 5.74) is 1.33. The number of ether oxygens (including phenoxy) is 2. The van der Waals surface area contributed by atoms with Crippen molar-refractivity contribution in [2.24, 2.45) is 11.8 Å². The Balaban J connectivity index is 0.000000181. The minimum atomic E-state index is -0.386. The lowest BCUT2D eigenvalue weighted by Gasteiger charge is -2.22. The fraction of sp³-hybridized carbons (Fsp3) is 0.700. The van der Waals surface area contributed by atoms with Gasteiger partial charge in [-0.25, -0.2) is 0 Å². The van der Waals surface area contributed by atoms with Crippen molar-refractivity contribution in [1.82, 2.24) is 19.6 Å². The number of aryl methyl sites for hydroxylation is 1. The highest BCUT2D eigenvalue weighted by molar-refractivity contribution is 5.31. The van der Waals surface area contributed by atoms with Gasteiger partial charge in [-0.2, -0.15) is 10.2 Å². The molecular formula is C20H30N6O6. The van der Waals surface area contributed by atoms with Gasteiger partial charge in [-0.3, -0.25) is 29.6 Å². The zero-order valence-corrected chi connectivity index (χ0v) is 18.5. The van der Waals surface area contributed by atoms with E-state index in [9.17, 15) is 20.2 Å². The summed E-state index contributed by atoms with van der Waals surface area (Å²) in [7, 11) is 0. The van der Waals surface area contributed by atoms with E-state index in [1.54, 1.807) is 23.2 Å². The van der Waals surface area contributed by atoms with Gasteiger partial charge in [0.1, 0.15) is 23.8 Å². The smallest absolute Gasteiger partial charge is 0.309 e. The van der Waals surface area contributed by atoms with Crippen molar-refractivity contribution in [1.29, 1.82) is 0 Å². The fourth-order valence-electron chi connectivity index (χ4n) is 3.95. The van der Waals surface area contributed by atoms with E-state index >= 15 is 0 Å². The van der Waals surface area contributed by atoms with E-state index in [2.05, 4.69) is 10.2 Å². The lowest BCUT2D eigenvalue weighted by molar-refractivity contribution is -0.385. The van der Waals surface area contributed by atoms with E-state index < -0.39 is 0 Å². The second-order valence-corrected chi connectivity index (χ2v) is 8.24. The summed E-state index contributed by atoms with van der Waals surface area (Å²) in [6.07, 6.45) is 6.87. The molecule has 0 N–H and O–H groups in total. The Kier molecular flexibility index (Phi) is 8.28. The number of rotatable bonds is 6. The Bertz CT molecular complexity index is 902. The molecule has 0 aliphatic carbocycles. The Morgan fingerprint density at radius 1 is 0.938 bits per heavy atom. The van der Waals surface area contributed by atoms with Crippen molar-refractivity contribution in [3.63, 3.8) is 0 Å². The molecule has 12 heteroatoms. The highest BCUT2D eigenvalue weighted by Crippen LogP contribution is 2.22. The summed E-state index contributed by atoms with van der Waals surface area (Å²) in [4.78, 5) is 20.5. The third kappa shape index (κ3) is 6.33. The van der Waals surface area contributed by atoms with Gasteiger partial charge in [-0.1, -0.05) is 0 Å². The van der Waals surface area contributed by atoms with Gasteiger partial charge in [-0.05, 0) is 51.4 Å². The molecule has 0 bridgehead atoms. The first kappa shape index (κ1) is 23.8. The third-order valence-electron chi connectivity index (χ3n) is 5.95.